The fourth-order valence-corrected chi connectivity index (χ4v) is 3.23. The van der Waals surface area contributed by atoms with Gasteiger partial charge in [0.2, 0.25) is 11.8 Å². The third-order valence-corrected chi connectivity index (χ3v) is 4.77. The molecule has 3 aliphatic rings. The molecular formula is C17H20N2O2. The summed E-state index contributed by atoms with van der Waals surface area (Å²) in [7, 11) is 0. The van der Waals surface area contributed by atoms with Crippen molar-refractivity contribution in [1.82, 2.24) is 10.2 Å². The number of carbonyl (C=O) groups is 2. The third kappa shape index (κ3) is 2.43. The minimum absolute atomic E-state index is 0.0154. The van der Waals surface area contributed by atoms with Crippen LogP contribution in [0, 0.1) is 11.8 Å². The van der Waals surface area contributed by atoms with Crippen LogP contribution in [-0.2, 0) is 9.59 Å². The maximum atomic E-state index is 12.8. The van der Waals surface area contributed by atoms with Gasteiger partial charge in [-0.15, -0.1) is 0 Å². The van der Waals surface area contributed by atoms with Gasteiger partial charge in [0.05, 0.1) is 0 Å². The summed E-state index contributed by atoms with van der Waals surface area (Å²) in [5, 5.41) is 2.97. The summed E-state index contributed by atoms with van der Waals surface area (Å²) < 4.78 is 0. The summed E-state index contributed by atoms with van der Waals surface area (Å²) in [4.78, 5) is 27.2. The Balaban J connectivity index is 1.65. The minimum Gasteiger partial charge on any atom is -0.342 e. The normalized spacial score (nSPS) is 29.4. The molecule has 0 spiro atoms. The Morgan fingerprint density at radius 1 is 1.05 bits per heavy atom. The van der Waals surface area contributed by atoms with Crippen molar-refractivity contribution >= 4 is 11.8 Å². The predicted molar refractivity (Wildman–Crippen MR) is 78.3 cm³/mol. The number of hydrogen-bond acceptors (Lipinski definition) is 2. The van der Waals surface area contributed by atoms with Gasteiger partial charge in [-0.25, -0.2) is 0 Å². The summed E-state index contributed by atoms with van der Waals surface area (Å²) in [6, 6.07) is 8.93. The topological polar surface area (TPSA) is 49.4 Å². The van der Waals surface area contributed by atoms with Gasteiger partial charge in [0.1, 0.15) is 12.1 Å². The number of nitrogens with one attached hydrogen (secondary N) is 1. The second kappa shape index (κ2) is 4.86. The zero-order valence-electron chi connectivity index (χ0n) is 12.0. The van der Waals surface area contributed by atoms with Crippen LogP contribution in [0.15, 0.2) is 30.3 Å². The molecule has 2 aliphatic carbocycles. The van der Waals surface area contributed by atoms with Crippen LogP contribution in [0.3, 0.4) is 0 Å². The number of piperazine rings is 1. The second-order valence-electron chi connectivity index (χ2n) is 6.57. The van der Waals surface area contributed by atoms with Crippen molar-refractivity contribution in [2.45, 2.75) is 37.8 Å². The zero-order valence-corrected chi connectivity index (χ0v) is 12.0. The lowest BCUT2D eigenvalue weighted by atomic mass is 9.97. The summed E-state index contributed by atoms with van der Waals surface area (Å²) >= 11 is 0. The monoisotopic (exact) mass is 284 g/mol. The van der Waals surface area contributed by atoms with E-state index in [1.165, 1.54) is 12.8 Å². The van der Waals surface area contributed by atoms with Crippen molar-refractivity contribution in [2.75, 3.05) is 6.54 Å². The van der Waals surface area contributed by atoms with E-state index in [9.17, 15) is 9.59 Å². The van der Waals surface area contributed by atoms with E-state index in [1.807, 2.05) is 35.2 Å². The van der Waals surface area contributed by atoms with Gasteiger partial charge in [0.15, 0.2) is 0 Å². The molecule has 4 heteroatoms. The molecule has 1 saturated heterocycles. The minimum atomic E-state index is -0.450. The SMILES string of the molecule is O=C1NC(C2CC2)C(=O)N(CC2CC2)C1c1ccccc1. The number of carbonyl (C=O) groups excluding carboxylic acids is 2. The van der Waals surface area contributed by atoms with Crippen LogP contribution in [0.1, 0.15) is 37.3 Å². The van der Waals surface area contributed by atoms with Gasteiger partial charge >= 0.3 is 0 Å². The largest absolute Gasteiger partial charge is 0.342 e. The standard InChI is InChI=1S/C17H20N2O2/c20-16-15(13-4-2-1-3-5-13)19(10-11-6-7-11)17(21)14(18-16)12-8-9-12/h1-5,11-12,14-15H,6-10H2,(H,18,20). The Kier molecular flexibility index (Phi) is 2.98. The Morgan fingerprint density at radius 3 is 2.38 bits per heavy atom. The van der Waals surface area contributed by atoms with Gasteiger partial charge in [-0.1, -0.05) is 30.3 Å². The van der Waals surface area contributed by atoms with Crippen LogP contribution in [0.2, 0.25) is 0 Å². The molecule has 110 valence electrons. The first-order chi connectivity index (χ1) is 10.2. The van der Waals surface area contributed by atoms with Crippen LogP contribution < -0.4 is 5.32 Å². The Hall–Kier alpha value is -1.84. The second-order valence-corrected chi connectivity index (χ2v) is 6.57. The van der Waals surface area contributed by atoms with Crippen molar-refractivity contribution in [2.24, 2.45) is 11.8 Å². The van der Waals surface area contributed by atoms with Crippen molar-refractivity contribution < 1.29 is 9.59 Å². The third-order valence-electron chi connectivity index (χ3n) is 4.77. The average molecular weight is 284 g/mol. The summed E-state index contributed by atoms with van der Waals surface area (Å²) in [6.07, 6.45) is 4.48. The molecule has 21 heavy (non-hydrogen) atoms. The highest BCUT2D eigenvalue weighted by Crippen LogP contribution is 2.39. The van der Waals surface area contributed by atoms with E-state index in [-0.39, 0.29) is 17.9 Å². The summed E-state index contributed by atoms with van der Waals surface area (Å²) in [5.41, 5.74) is 0.915. The van der Waals surface area contributed by atoms with E-state index in [0.717, 1.165) is 24.9 Å². The van der Waals surface area contributed by atoms with E-state index < -0.39 is 6.04 Å². The van der Waals surface area contributed by atoms with E-state index >= 15 is 0 Å². The van der Waals surface area contributed by atoms with Crippen LogP contribution in [0.25, 0.3) is 0 Å². The first-order valence-corrected chi connectivity index (χ1v) is 7.90. The van der Waals surface area contributed by atoms with Gasteiger partial charge < -0.3 is 10.2 Å². The molecule has 1 aromatic rings. The number of benzene rings is 1. The lowest BCUT2D eigenvalue weighted by molar-refractivity contribution is -0.150. The lowest BCUT2D eigenvalue weighted by Crippen LogP contribution is -2.60. The Morgan fingerprint density at radius 2 is 1.76 bits per heavy atom. The molecule has 0 radical (unpaired) electrons. The molecule has 2 amide bonds. The first kappa shape index (κ1) is 12.9. The van der Waals surface area contributed by atoms with Gasteiger partial charge in [-0.3, -0.25) is 9.59 Å². The van der Waals surface area contributed by atoms with E-state index in [1.54, 1.807) is 0 Å². The summed E-state index contributed by atoms with van der Waals surface area (Å²) in [6.45, 7) is 0.731. The fourth-order valence-electron chi connectivity index (χ4n) is 3.23. The molecule has 2 atom stereocenters. The zero-order chi connectivity index (χ0) is 14.4. The van der Waals surface area contributed by atoms with Gasteiger partial charge in [-0.05, 0) is 43.1 Å². The van der Waals surface area contributed by atoms with Crippen molar-refractivity contribution in [3.63, 3.8) is 0 Å². The van der Waals surface area contributed by atoms with Crippen LogP contribution >= 0.6 is 0 Å². The molecular weight excluding hydrogens is 264 g/mol. The van der Waals surface area contributed by atoms with Gasteiger partial charge in [-0.2, -0.15) is 0 Å². The van der Waals surface area contributed by atoms with Crippen molar-refractivity contribution in [1.29, 1.82) is 0 Å². The predicted octanol–water partition coefficient (Wildman–Crippen LogP) is 1.87. The number of rotatable bonds is 4. The molecule has 3 fully saturated rings. The molecule has 2 saturated carbocycles. The highest BCUT2D eigenvalue weighted by molar-refractivity contribution is 5.98. The highest BCUT2D eigenvalue weighted by atomic mass is 16.2. The quantitative estimate of drug-likeness (QED) is 0.917. The lowest BCUT2D eigenvalue weighted by Gasteiger charge is -2.39. The summed E-state index contributed by atoms with van der Waals surface area (Å²) in [5.74, 6) is 1.06. The highest BCUT2D eigenvalue weighted by Gasteiger charge is 2.48. The van der Waals surface area contributed by atoms with Crippen LogP contribution in [-0.4, -0.2) is 29.3 Å². The molecule has 2 unspecified atom stereocenters. The van der Waals surface area contributed by atoms with E-state index in [2.05, 4.69) is 5.32 Å². The first-order valence-electron chi connectivity index (χ1n) is 7.90. The van der Waals surface area contributed by atoms with Crippen LogP contribution in [0.4, 0.5) is 0 Å². The maximum absolute atomic E-state index is 12.8. The van der Waals surface area contributed by atoms with Gasteiger partial charge in [0.25, 0.3) is 0 Å². The molecule has 1 aliphatic heterocycles. The number of hydrogen-bond donors (Lipinski definition) is 1. The average Bonchev–Trinajstić information content (AvgIpc) is 3.37. The molecule has 1 N–H and O–H groups in total. The maximum Gasteiger partial charge on any atom is 0.248 e. The number of nitrogens with zero attached hydrogens (tertiary/aromatic N) is 1. The van der Waals surface area contributed by atoms with E-state index in [0.29, 0.717) is 11.8 Å². The van der Waals surface area contributed by atoms with Crippen LogP contribution in [0.5, 0.6) is 0 Å². The molecule has 4 nitrogen and oxygen atoms in total. The fraction of sp³-hybridized carbons (Fsp3) is 0.529. The molecule has 1 aromatic carbocycles. The van der Waals surface area contributed by atoms with Crippen molar-refractivity contribution in [3.8, 4) is 0 Å². The van der Waals surface area contributed by atoms with Gasteiger partial charge in [0, 0.05) is 6.54 Å². The Labute approximate surface area is 124 Å². The molecule has 1 heterocycles. The van der Waals surface area contributed by atoms with Crippen molar-refractivity contribution in [3.05, 3.63) is 35.9 Å². The smallest absolute Gasteiger partial charge is 0.248 e. The molecule has 0 aromatic heterocycles. The Bertz CT molecular complexity index is 563. The molecule has 0 bridgehead atoms. The molecule has 4 rings (SSSR count). The van der Waals surface area contributed by atoms with E-state index in [4.69, 9.17) is 0 Å². The number of amides is 2.